The van der Waals surface area contributed by atoms with Gasteiger partial charge < -0.3 is 9.84 Å². The lowest BCUT2D eigenvalue weighted by Crippen LogP contribution is -2.50. The SMILES string of the molecule is Cc1cccc(OCCCC(C)(NC2CC2)C(=O)O)c1C. The molecule has 2 rings (SSSR count). The Hall–Kier alpha value is -1.55. The molecule has 0 saturated heterocycles. The van der Waals surface area contributed by atoms with Crippen LogP contribution in [0.25, 0.3) is 0 Å². The Kier molecular flexibility index (Phi) is 4.88. The third-order valence-corrected chi connectivity index (χ3v) is 4.21. The van der Waals surface area contributed by atoms with Gasteiger partial charge in [0.15, 0.2) is 0 Å². The average Bonchev–Trinajstić information content (AvgIpc) is 3.23. The maximum Gasteiger partial charge on any atom is 0.323 e. The first-order valence-electron chi connectivity index (χ1n) is 7.62. The monoisotopic (exact) mass is 291 g/mol. The maximum atomic E-state index is 11.4. The second kappa shape index (κ2) is 6.48. The minimum absolute atomic E-state index is 0.381. The molecule has 2 N–H and O–H groups in total. The molecule has 0 aliphatic heterocycles. The Balaban J connectivity index is 1.82. The summed E-state index contributed by atoms with van der Waals surface area (Å²) in [4.78, 5) is 11.4. The average molecular weight is 291 g/mol. The molecule has 0 bridgehead atoms. The quantitative estimate of drug-likeness (QED) is 0.723. The summed E-state index contributed by atoms with van der Waals surface area (Å²) in [5.74, 6) is 0.114. The Labute approximate surface area is 126 Å². The molecule has 4 heteroatoms. The summed E-state index contributed by atoms with van der Waals surface area (Å²) in [6.07, 6.45) is 3.46. The lowest BCUT2D eigenvalue weighted by molar-refractivity contribution is -0.144. The third kappa shape index (κ3) is 4.21. The number of carboxylic acid groups (broad SMARTS) is 1. The van der Waals surface area contributed by atoms with Crippen molar-refractivity contribution in [1.82, 2.24) is 5.32 Å². The zero-order valence-corrected chi connectivity index (χ0v) is 13.1. The molecule has 0 radical (unpaired) electrons. The van der Waals surface area contributed by atoms with Gasteiger partial charge in [-0.1, -0.05) is 12.1 Å². The molecular formula is C17H25NO3. The van der Waals surface area contributed by atoms with Crippen LogP contribution in [-0.2, 0) is 4.79 Å². The second-order valence-corrected chi connectivity index (χ2v) is 6.21. The van der Waals surface area contributed by atoms with E-state index in [1.807, 2.05) is 19.1 Å². The summed E-state index contributed by atoms with van der Waals surface area (Å²) in [6, 6.07) is 6.38. The number of rotatable bonds is 8. The molecule has 1 aliphatic rings. The van der Waals surface area contributed by atoms with E-state index in [2.05, 4.69) is 18.3 Å². The van der Waals surface area contributed by atoms with Crippen molar-refractivity contribution in [1.29, 1.82) is 0 Å². The number of benzene rings is 1. The van der Waals surface area contributed by atoms with Crippen LogP contribution in [0.4, 0.5) is 0 Å². The fourth-order valence-electron chi connectivity index (χ4n) is 2.41. The molecule has 1 fully saturated rings. The van der Waals surface area contributed by atoms with Crippen LogP contribution in [0.2, 0.25) is 0 Å². The molecule has 1 saturated carbocycles. The van der Waals surface area contributed by atoms with Gasteiger partial charge in [-0.05, 0) is 63.6 Å². The van der Waals surface area contributed by atoms with Crippen molar-refractivity contribution in [2.75, 3.05) is 6.61 Å². The fourth-order valence-corrected chi connectivity index (χ4v) is 2.41. The van der Waals surface area contributed by atoms with Crippen LogP contribution < -0.4 is 10.1 Å². The summed E-state index contributed by atoms with van der Waals surface area (Å²) in [7, 11) is 0. The number of carboxylic acids is 1. The van der Waals surface area contributed by atoms with E-state index in [0.29, 0.717) is 19.1 Å². The first-order valence-corrected chi connectivity index (χ1v) is 7.62. The minimum atomic E-state index is -0.841. The normalized spacial score (nSPS) is 17.3. The van der Waals surface area contributed by atoms with Crippen LogP contribution in [0.3, 0.4) is 0 Å². The van der Waals surface area contributed by atoms with Crippen LogP contribution in [0.5, 0.6) is 5.75 Å². The molecule has 116 valence electrons. The second-order valence-electron chi connectivity index (χ2n) is 6.21. The van der Waals surface area contributed by atoms with Crippen molar-refractivity contribution >= 4 is 5.97 Å². The molecule has 1 aromatic rings. The van der Waals surface area contributed by atoms with Crippen LogP contribution in [0.15, 0.2) is 18.2 Å². The molecule has 1 aromatic carbocycles. The highest BCUT2D eigenvalue weighted by molar-refractivity contribution is 5.78. The van der Waals surface area contributed by atoms with Crippen molar-refractivity contribution in [2.45, 2.75) is 58.0 Å². The standard InChI is InChI=1S/C17H25NO3/c1-12-6-4-7-15(13(12)2)21-11-5-10-17(3,16(19)20)18-14-8-9-14/h4,6-7,14,18H,5,8-11H2,1-3H3,(H,19,20). The highest BCUT2D eigenvalue weighted by atomic mass is 16.5. The zero-order valence-electron chi connectivity index (χ0n) is 13.1. The Bertz CT molecular complexity index is 511. The predicted molar refractivity (Wildman–Crippen MR) is 82.8 cm³/mol. The van der Waals surface area contributed by atoms with Gasteiger partial charge in [-0.3, -0.25) is 10.1 Å². The summed E-state index contributed by atoms with van der Waals surface area (Å²) in [5.41, 5.74) is 1.51. The number of ether oxygens (including phenoxy) is 1. The van der Waals surface area contributed by atoms with E-state index in [1.54, 1.807) is 6.92 Å². The molecule has 21 heavy (non-hydrogen) atoms. The van der Waals surface area contributed by atoms with Gasteiger partial charge in [-0.15, -0.1) is 0 Å². The van der Waals surface area contributed by atoms with E-state index in [4.69, 9.17) is 4.74 Å². The molecule has 0 heterocycles. The molecule has 1 atom stereocenters. The number of aliphatic carboxylic acids is 1. The van der Waals surface area contributed by atoms with Crippen LogP contribution in [0.1, 0.15) is 43.7 Å². The number of hydrogen-bond acceptors (Lipinski definition) is 3. The predicted octanol–water partition coefficient (Wildman–Crippen LogP) is 3.06. The van der Waals surface area contributed by atoms with Crippen molar-refractivity contribution in [3.63, 3.8) is 0 Å². The van der Waals surface area contributed by atoms with Crippen molar-refractivity contribution in [3.8, 4) is 5.75 Å². The molecule has 0 aromatic heterocycles. The van der Waals surface area contributed by atoms with Crippen LogP contribution in [-0.4, -0.2) is 29.3 Å². The molecule has 4 nitrogen and oxygen atoms in total. The van der Waals surface area contributed by atoms with Gasteiger partial charge in [0.2, 0.25) is 0 Å². The smallest absolute Gasteiger partial charge is 0.323 e. The van der Waals surface area contributed by atoms with Gasteiger partial charge >= 0.3 is 5.97 Å². The third-order valence-electron chi connectivity index (χ3n) is 4.21. The highest BCUT2D eigenvalue weighted by Gasteiger charge is 2.37. The molecule has 1 unspecified atom stereocenters. The van der Waals surface area contributed by atoms with E-state index in [0.717, 1.165) is 30.6 Å². The van der Waals surface area contributed by atoms with Crippen molar-refractivity contribution in [3.05, 3.63) is 29.3 Å². The lowest BCUT2D eigenvalue weighted by Gasteiger charge is -2.26. The lowest BCUT2D eigenvalue weighted by atomic mass is 9.96. The summed E-state index contributed by atoms with van der Waals surface area (Å²) in [6.45, 7) is 6.41. The van der Waals surface area contributed by atoms with Crippen LogP contribution >= 0.6 is 0 Å². The molecule has 0 spiro atoms. The minimum Gasteiger partial charge on any atom is -0.493 e. The highest BCUT2D eigenvalue weighted by Crippen LogP contribution is 2.25. The number of nitrogens with one attached hydrogen (secondary N) is 1. The molecular weight excluding hydrogens is 266 g/mol. The molecule has 1 aliphatic carbocycles. The fraction of sp³-hybridized carbons (Fsp3) is 0.588. The first-order chi connectivity index (χ1) is 9.92. The van der Waals surface area contributed by atoms with Gasteiger partial charge in [0.1, 0.15) is 11.3 Å². The molecule has 0 amide bonds. The van der Waals surface area contributed by atoms with Gasteiger partial charge in [0.05, 0.1) is 6.61 Å². The Morgan fingerprint density at radius 1 is 1.43 bits per heavy atom. The van der Waals surface area contributed by atoms with E-state index < -0.39 is 11.5 Å². The first kappa shape index (κ1) is 15.8. The van der Waals surface area contributed by atoms with Crippen molar-refractivity contribution < 1.29 is 14.6 Å². The van der Waals surface area contributed by atoms with Gasteiger partial charge in [0, 0.05) is 6.04 Å². The van der Waals surface area contributed by atoms with Gasteiger partial charge in [0.25, 0.3) is 0 Å². The van der Waals surface area contributed by atoms with E-state index >= 15 is 0 Å². The Morgan fingerprint density at radius 3 is 2.76 bits per heavy atom. The number of hydrogen-bond donors (Lipinski definition) is 2. The van der Waals surface area contributed by atoms with Crippen molar-refractivity contribution in [2.24, 2.45) is 0 Å². The topological polar surface area (TPSA) is 58.6 Å². The van der Waals surface area contributed by atoms with E-state index in [1.165, 1.54) is 5.56 Å². The van der Waals surface area contributed by atoms with Gasteiger partial charge in [-0.25, -0.2) is 0 Å². The number of aryl methyl sites for hydroxylation is 1. The van der Waals surface area contributed by atoms with Crippen LogP contribution in [0, 0.1) is 13.8 Å². The van der Waals surface area contributed by atoms with Gasteiger partial charge in [-0.2, -0.15) is 0 Å². The maximum absolute atomic E-state index is 11.4. The summed E-state index contributed by atoms with van der Waals surface area (Å²) < 4.78 is 5.79. The summed E-state index contributed by atoms with van der Waals surface area (Å²) >= 11 is 0. The number of carbonyl (C=O) groups is 1. The van der Waals surface area contributed by atoms with E-state index in [-0.39, 0.29) is 0 Å². The largest absolute Gasteiger partial charge is 0.493 e. The zero-order chi connectivity index (χ0) is 15.5. The summed E-state index contributed by atoms with van der Waals surface area (Å²) in [5, 5.41) is 12.6. The Morgan fingerprint density at radius 2 is 2.14 bits per heavy atom. The van der Waals surface area contributed by atoms with E-state index in [9.17, 15) is 9.90 Å².